The second-order valence-corrected chi connectivity index (χ2v) is 4.54. The first-order valence-electron chi connectivity index (χ1n) is 4.52. The van der Waals surface area contributed by atoms with Crippen molar-refractivity contribution < 1.29 is 19.4 Å². The summed E-state index contributed by atoms with van der Waals surface area (Å²) in [6.45, 7) is 5.23. The van der Waals surface area contributed by atoms with Gasteiger partial charge in [-0.05, 0) is 33.6 Å². The van der Waals surface area contributed by atoms with Crippen LogP contribution in [0, 0.1) is 0 Å². The summed E-state index contributed by atoms with van der Waals surface area (Å²) in [4.78, 5) is 22.1. The summed E-state index contributed by atoms with van der Waals surface area (Å²) >= 11 is 0. The van der Waals surface area contributed by atoms with E-state index in [1.165, 1.54) is 0 Å². The molecule has 1 rings (SSSR count). The van der Waals surface area contributed by atoms with Crippen molar-refractivity contribution in [3.63, 3.8) is 0 Å². The smallest absolute Gasteiger partial charge is 0.541 e. The van der Waals surface area contributed by atoms with Gasteiger partial charge in [0.05, 0.1) is 0 Å². The number of carbonyl (C=O) groups excluding carboxylic acids is 2. The van der Waals surface area contributed by atoms with Crippen molar-refractivity contribution in [1.29, 1.82) is 0 Å². The van der Waals surface area contributed by atoms with Crippen LogP contribution in [0.5, 0.6) is 0 Å². The van der Waals surface area contributed by atoms with E-state index in [0.29, 0.717) is 12.8 Å². The van der Waals surface area contributed by atoms with Crippen LogP contribution >= 0.6 is 0 Å². The molecule has 0 aromatic rings. The van der Waals surface area contributed by atoms with Crippen molar-refractivity contribution in [2.75, 3.05) is 0 Å². The molecule has 0 bridgehead atoms. The molecule has 1 fully saturated rings. The van der Waals surface area contributed by atoms with Gasteiger partial charge in [-0.2, -0.15) is 0 Å². The van der Waals surface area contributed by atoms with E-state index in [4.69, 9.17) is 9.84 Å². The summed E-state index contributed by atoms with van der Waals surface area (Å²) in [6, 6.07) is 0. The molecule has 0 heterocycles. The molecule has 0 saturated heterocycles. The first kappa shape index (κ1) is 10.8. The molecule has 0 aromatic heterocycles. The maximum Gasteiger partial charge on any atom is 0.541 e. The summed E-state index contributed by atoms with van der Waals surface area (Å²) in [5.41, 5.74) is -1.53. The molecule has 5 nitrogen and oxygen atoms in total. The van der Waals surface area contributed by atoms with Crippen LogP contribution in [0.3, 0.4) is 0 Å². The van der Waals surface area contributed by atoms with E-state index in [0.717, 1.165) is 0 Å². The van der Waals surface area contributed by atoms with Crippen molar-refractivity contribution >= 4 is 12.1 Å². The van der Waals surface area contributed by atoms with Gasteiger partial charge in [-0.25, -0.2) is 4.79 Å². The molecule has 1 aliphatic carbocycles. The van der Waals surface area contributed by atoms with Gasteiger partial charge in [0.25, 0.3) is 0 Å². The van der Waals surface area contributed by atoms with Gasteiger partial charge >= 0.3 is 12.1 Å². The highest BCUT2D eigenvalue weighted by Gasteiger charge is 2.58. The Balaban J connectivity index is 2.46. The lowest BCUT2D eigenvalue weighted by Gasteiger charge is -2.20. The Morgan fingerprint density at radius 2 is 1.86 bits per heavy atom. The van der Waals surface area contributed by atoms with E-state index in [1.807, 2.05) is 0 Å². The molecule has 5 heteroatoms. The van der Waals surface area contributed by atoms with Crippen LogP contribution in [0.4, 0.5) is 4.79 Å². The number of amides is 1. The fourth-order valence-electron chi connectivity index (χ4n) is 1.03. The second-order valence-electron chi connectivity index (χ2n) is 4.54. The third-order valence-corrected chi connectivity index (χ3v) is 1.92. The summed E-state index contributed by atoms with van der Waals surface area (Å²) < 4.78 is 4.98. The lowest BCUT2D eigenvalue weighted by atomic mass is 10.2. The fourth-order valence-corrected chi connectivity index (χ4v) is 1.03. The van der Waals surface area contributed by atoms with E-state index in [2.05, 4.69) is 5.32 Å². The Kier molecular flexibility index (Phi) is 2.43. The van der Waals surface area contributed by atoms with E-state index in [1.54, 1.807) is 20.8 Å². The summed E-state index contributed by atoms with van der Waals surface area (Å²) in [5, 5.41) is 9.38. The van der Waals surface area contributed by atoms with Crippen molar-refractivity contribution in [2.24, 2.45) is 0 Å². The van der Waals surface area contributed by atoms with Crippen molar-refractivity contribution in [3.8, 4) is 0 Å². The van der Waals surface area contributed by atoms with E-state index < -0.39 is 23.2 Å². The third-order valence-electron chi connectivity index (χ3n) is 1.92. The molecule has 1 aliphatic rings. The summed E-state index contributed by atoms with van der Waals surface area (Å²) in [7, 11) is 0. The molecular weight excluding hydrogens is 186 g/mol. The van der Waals surface area contributed by atoms with Crippen molar-refractivity contribution in [2.45, 2.75) is 44.8 Å². The molecule has 1 amide bonds. The summed E-state index contributed by atoms with van der Waals surface area (Å²) in [6.07, 6.45) is 0.443. The molecular formula is C9H16NO4+. The molecule has 0 atom stereocenters. The molecule has 0 spiro atoms. The molecule has 3 N–H and O–H groups in total. The average molecular weight is 202 g/mol. The maximum atomic E-state index is 11.2. The van der Waals surface area contributed by atoms with Gasteiger partial charge in [0.2, 0.25) is 0 Å². The average Bonchev–Trinajstić information content (AvgIpc) is 2.63. The largest absolute Gasteiger partial charge is 0.563 e. The lowest BCUT2D eigenvalue weighted by molar-refractivity contribution is -0.140. The minimum absolute atomic E-state index is 0.536. The molecule has 80 valence electrons. The van der Waals surface area contributed by atoms with Crippen LogP contribution in [-0.4, -0.2) is 28.3 Å². The number of alkyl carbamates (subject to hydrolysis) is 1. The molecule has 0 radical (unpaired) electrons. The third kappa shape index (κ3) is 2.61. The zero-order valence-electron chi connectivity index (χ0n) is 8.64. The zero-order valence-corrected chi connectivity index (χ0v) is 8.64. The normalized spacial score (nSPS) is 18.5. The van der Waals surface area contributed by atoms with Crippen LogP contribution < -0.4 is 5.32 Å². The molecule has 1 saturated carbocycles. The highest BCUT2D eigenvalue weighted by molar-refractivity contribution is 5.87. The van der Waals surface area contributed by atoms with E-state index >= 15 is 0 Å². The van der Waals surface area contributed by atoms with Gasteiger partial charge in [0.15, 0.2) is 5.54 Å². The van der Waals surface area contributed by atoms with Crippen molar-refractivity contribution in [1.82, 2.24) is 5.32 Å². The van der Waals surface area contributed by atoms with Crippen LogP contribution in [0.25, 0.3) is 0 Å². The highest BCUT2D eigenvalue weighted by atomic mass is 16.6. The first-order valence-corrected chi connectivity index (χ1v) is 4.52. The SMILES string of the molecule is CC(C)(C)OC(=O)NC1(C(=O)[OH2+])CC1. The molecule has 0 unspecified atom stereocenters. The van der Waals surface area contributed by atoms with Gasteiger partial charge in [-0.15, -0.1) is 0 Å². The minimum Gasteiger partial charge on any atom is -0.563 e. The lowest BCUT2D eigenvalue weighted by Crippen LogP contribution is -2.45. The van der Waals surface area contributed by atoms with Crippen LogP contribution in [0.15, 0.2) is 0 Å². The second kappa shape index (κ2) is 3.15. The number of nitrogens with one attached hydrogen (secondary N) is 1. The zero-order chi connectivity index (χ0) is 11.0. The van der Waals surface area contributed by atoms with Gasteiger partial charge < -0.3 is 15.2 Å². The monoisotopic (exact) mass is 202 g/mol. The Labute approximate surface area is 82.4 Å². The summed E-state index contributed by atoms with van der Waals surface area (Å²) in [5.74, 6) is -0.747. The van der Waals surface area contributed by atoms with Gasteiger partial charge in [-0.1, -0.05) is 0 Å². The van der Waals surface area contributed by atoms with Gasteiger partial charge in [-0.3, -0.25) is 0 Å². The van der Waals surface area contributed by atoms with Crippen molar-refractivity contribution in [3.05, 3.63) is 0 Å². The molecule has 0 aliphatic heterocycles. The number of carbonyl (C=O) groups is 2. The first-order chi connectivity index (χ1) is 6.25. The fraction of sp³-hybridized carbons (Fsp3) is 0.778. The standard InChI is InChI=1S/C9H15NO4/c1-8(2,3)14-7(13)10-9(4-5-9)6(11)12/h4-5H2,1-3H3,(H,10,13)(H,11,12)/p+1. The van der Waals surface area contributed by atoms with Gasteiger partial charge in [0, 0.05) is 4.79 Å². The molecule has 0 aromatic carbocycles. The van der Waals surface area contributed by atoms with Gasteiger partial charge in [0.1, 0.15) is 5.60 Å². The number of ether oxygens (including phenoxy) is 1. The molecule has 14 heavy (non-hydrogen) atoms. The Hall–Kier alpha value is -1.26. The van der Waals surface area contributed by atoms with Crippen LogP contribution in [0.1, 0.15) is 33.6 Å². The number of hydrogen-bond donors (Lipinski definition) is 1. The van der Waals surface area contributed by atoms with E-state index in [9.17, 15) is 9.59 Å². The number of hydrogen-bond acceptors (Lipinski definition) is 3. The predicted molar refractivity (Wildman–Crippen MR) is 50.0 cm³/mol. The minimum atomic E-state index is -0.956. The number of rotatable bonds is 2. The Morgan fingerprint density at radius 3 is 2.14 bits per heavy atom. The predicted octanol–water partition coefficient (Wildman–Crippen LogP) is 0.295. The maximum absolute atomic E-state index is 11.2. The topological polar surface area (TPSA) is 78.3 Å². The quantitative estimate of drug-likeness (QED) is 0.654. The van der Waals surface area contributed by atoms with Crippen LogP contribution in [0.2, 0.25) is 0 Å². The highest BCUT2D eigenvalue weighted by Crippen LogP contribution is 2.35. The van der Waals surface area contributed by atoms with E-state index in [-0.39, 0.29) is 0 Å². The van der Waals surface area contributed by atoms with Crippen LogP contribution in [-0.2, 0) is 9.53 Å². The Morgan fingerprint density at radius 1 is 1.36 bits per heavy atom. The Bertz CT molecular complexity index is 262.